The Morgan fingerprint density at radius 2 is 2.00 bits per heavy atom. The van der Waals surface area contributed by atoms with Gasteiger partial charge in [0.2, 0.25) is 0 Å². The van der Waals surface area contributed by atoms with Crippen molar-refractivity contribution in [2.24, 2.45) is 0 Å². The number of nitrogens with zero attached hydrogens (tertiary/aromatic N) is 2. The molecular formula is C11H16N2O. The summed E-state index contributed by atoms with van der Waals surface area (Å²) >= 11 is 0. The minimum absolute atomic E-state index is 0.575. The molecule has 0 aliphatic rings. The molecule has 1 heterocycles. The molecule has 76 valence electrons. The van der Waals surface area contributed by atoms with E-state index in [4.69, 9.17) is 0 Å². The zero-order chi connectivity index (χ0) is 10.7. The maximum atomic E-state index is 9.85. The van der Waals surface area contributed by atoms with Gasteiger partial charge in [0.05, 0.1) is 17.5 Å². The highest BCUT2D eigenvalue weighted by molar-refractivity contribution is 5.26. The Balaban J connectivity index is 3.05. The highest BCUT2D eigenvalue weighted by Crippen LogP contribution is 2.18. The summed E-state index contributed by atoms with van der Waals surface area (Å²) in [6.07, 6.45) is 1.23. The monoisotopic (exact) mass is 192 g/mol. The zero-order valence-corrected chi connectivity index (χ0v) is 9.07. The van der Waals surface area contributed by atoms with E-state index in [2.05, 4.69) is 10.2 Å². The average Bonchev–Trinajstić information content (AvgIpc) is 2.08. The van der Waals surface area contributed by atoms with Crippen molar-refractivity contribution in [2.45, 2.75) is 33.8 Å². The number of allylic oxidation sites excluding steroid dienone is 1. The molecule has 1 aromatic heterocycles. The van der Waals surface area contributed by atoms with Crippen molar-refractivity contribution in [1.29, 1.82) is 0 Å². The van der Waals surface area contributed by atoms with E-state index in [0.717, 1.165) is 22.5 Å². The molecule has 14 heavy (non-hydrogen) atoms. The lowest BCUT2D eigenvalue weighted by molar-refractivity contribution is 0.226. The molecule has 1 aromatic rings. The van der Waals surface area contributed by atoms with Crippen LogP contribution in [0.2, 0.25) is 0 Å². The largest absolute Gasteiger partial charge is 0.384 e. The fourth-order valence-corrected chi connectivity index (χ4v) is 1.27. The summed E-state index contributed by atoms with van der Waals surface area (Å²) in [5.41, 5.74) is 3.53. The number of hydrogen-bond donors (Lipinski definition) is 1. The van der Waals surface area contributed by atoms with Crippen molar-refractivity contribution in [3.63, 3.8) is 0 Å². The average molecular weight is 192 g/mol. The van der Waals surface area contributed by atoms with Crippen molar-refractivity contribution >= 4 is 0 Å². The van der Waals surface area contributed by atoms with Gasteiger partial charge >= 0.3 is 0 Å². The second kappa shape index (κ2) is 4.33. The molecule has 0 saturated heterocycles. The molecule has 0 radical (unpaired) electrons. The third kappa shape index (κ3) is 2.64. The van der Waals surface area contributed by atoms with E-state index in [1.165, 1.54) is 0 Å². The van der Waals surface area contributed by atoms with Crippen LogP contribution in [-0.2, 0) is 0 Å². The van der Waals surface area contributed by atoms with Gasteiger partial charge in [0.25, 0.3) is 0 Å². The summed E-state index contributed by atoms with van der Waals surface area (Å²) in [5, 5.41) is 17.7. The Hall–Kier alpha value is -1.22. The summed E-state index contributed by atoms with van der Waals surface area (Å²) < 4.78 is 0. The molecule has 0 spiro atoms. The summed E-state index contributed by atoms with van der Waals surface area (Å²) in [6.45, 7) is 7.63. The molecule has 0 aromatic carbocycles. The van der Waals surface area contributed by atoms with Crippen molar-refractivity contribution in [2.75, 3.05) is 0 Å². The fraction of sp³-hybridized carbons (Fsp3) is 0.455. The van der Waals surface area contributed by atoms with Crippen LogP contribution in [0.25, 0.3) is 0 Å². The lowest BCUT2D eigenvalue weighted by Gasteiger charge is -2.09. The van der Waals surface area contributed by atoms with Gasteiger partial charge in [-0.05, 0) is 33.8 Å². The lowest BCUT2D eigenvalue weighted by atomic mass is 10.1. The lowest BCUT2D eigenvalue weighted by Crippen LogP contribution is -2.02. The summed E-state index contributed by atoms with van der Waals surface area (Å²) in [7, 11) is 0. The van der Waals surface area contributed by atoms with E-state index in [-0.39, 0.29) is 0 Å². The molecule has 3 nitrogen and oxygen atoms in total. The molecule has 0 fully saturated rings. The Kier molecular flexibility index (Phi) is 3.36. The Bertz CT molecular complexity index is 354. The smallest absolute Gasteiger partial charge is 0.0992 e. The van der Waals surface area contributed by atoms with Crippen LogP contribution in [0, 0.1) is 13.8 Å². The van der Waals surface area contributed by atoms with E-state index >= 15 is 0 Å². The molecule has 1 N–H and O–H groups in total. The standard InChI is InChI=1S/C11H16N2O/c1-7(2)5-11(14)10-6-8(3)12-13-9(10)4/h5-6,11,14H,1-4H3. The maximum Gasteiger partial charge on any atom is 0.0992 e. The van der Waals surface area contributed by atoms with Gasteiger partial charge in [-0.25, -0.2) is 0 Å². The number of hydrogen-bond acceptors (Lipinski definition) is 3. The van der Waals surface area contributed by atoms with Crippen LogP contribution in [0.5, 0.6) is 0 Å². The van der Waals surface area contributed by atoms with Crippen molar-refractivity contribution < 1.29 is 5.11 Å². The first-order valence-electron chi connectivity index (χ1n) is 4.64. The normalized spacial score (nSPS) is 12.4. The minimum Gasteiger partial charge on any atom is -0.384 e. The number of rotatable bonds is 2. The predicted molar refractivity (Wildman–Crippen MR) is 55.9 cm³/mol. The molecule has 1 rings (SSSR count). The fourth-order valence-electron chi connectivity index (χ4n) is 1.27. The van der Waals surface area contributed by atoms with Crippen LogP contribution in [0.1, 0.15) is 36.9 Å². The van der Waals surface area contributed by atoms with Crippen LogP contribution in [0.15, 0.2) is 17.7 Å². The van der Waals surface area contributed by atoms with Gasteiger partial charge in [0.15, 0.2) is 0 Å². The minimum atomic E-state index is -0.575. The van der Waals surface area contributed by atoms with Gasteiger partial charge in [-0.1, -0.05) is 11.6 Å². The second-order valence-corrected chi connectivity index (χ2v) is 3.72. The molecular weight excluding hydrogens is 176 g/mol. The molecule has 0 aliphatic carbocycles. The number of aliphatic hydroxyl groups excluding tert-OH is 1. The number of aromatic nitrogens is 2. The van der Waals surface area contributed by atoms with E-state index in [1.807, 2.05) is 39.8 Å². The van der Waals surface area contributed by atoms with Crippen LogP contribution in [-0.4, -0.2) is 15.3 Å². The predicted octanol–water partition coefficient (Wildman–Crippen LogP) is 2.09. The van der Waals surface area contributed by atoms with Gasteiger partial charge < -0.3 is 5.11 Å². The Labute approximate surface area is 84.5 Å². The molecule has 0 aliphatic heterocycles. The van der Waals surface area contributed by atoms with Gasteiger partial charge in [0.1, 0.15) is 0 Å². The number of aliphatic hydroxyl groups is 1. The van der Waals surface area contributed by atoms with Crippen molar-refractivity contribution in [3.05, 3.63) is 34.7 Å². The van der Waals surface area contributed by atoms with Crippen LogP contribution >= 0.6 is 0 Å². The topological polar surface area (TPSA) is 46.0 Å². The van der Waals surface area contributed by atoms with Crippen LogP contribution < -0.4 is 0 Å². The molecule has 1 atom stereocenters. The molecule has 0 saturated carbocycles. The van der Waals surface area contributed by atoms with Gasteiger partial charge in [0, 0.05) is 5.56 Å². The van der Waals surface area contributed by atoms with Crippen LogP contribution in [0.3, 0.4) is 0 Å². The summed E-state index contributed by atoms with van der Waals surface area (Å²) in [4.78, 5) is 0. The van der Waals surface area contributed by atoms with E-state index in [9.17, 15) is 5.11 Å². The molecule has 1 unspecified atom stereocenters. The first-order valence-corrected chi connectivity index (χ1v) is 4.64. The highest BCUT2D eigenvalue weighted by atomic mass is 16.3. The van der Waals surface area contributed by atoms with Gasteiger partial charge in [-0.2, -0.15) is 10.2 Å². The molecule has 0 bridgehead atoms. The highest BCUT2D eigenvalue weighted by Gasteiger charge is 2.09. The van der Waals surface area contributed by atoms with E-state index in [0.29, 0.717) is 0 Å². The third-order valence-electron chi connectivity index (χ3n) is 1.95. The molecule has 0 amide bonds. The van der Waals surface area contributed by atoms with E-state index < -0.39 is 6.10 Å². The SMILES string of the molecule is CC(C)=CC(O)c1cc(C)nnc1C. The van der Waals surface area contributed by atoms with Gasteiger partial charge in [-0.3, -0.25) is 0 Å². The van der Waals surface area contributed by atoms with Crippen molar-refractivity contribution in [1.82, 2.24) is 10.2 Å². The Morgan fingerprint density at radius 1 is 1.36 bits per heavy atom. The van der Waals surface area contributed by atoms with Gasteiger partial charge in [-0.15, -0.1) is 0 Å². The zero-order valence-electron chi connectivity index (χ0n) is 9.07. The molecule has 3 heteroatoms. The Morgan fingerprint density at radius 3 is 2.57 bits per heavy atom. The van der Waals surface area contributed by atoms with Crippen LogP contribution in [0.4, 0.5) is 0 Å². The second-order valence-electron chi connectivity index (χ2n) is 3.72. The first-order chi connectivity index (χ1) is 6.50. The number of aryl methyl sites for hydroxylation is 2. The third-order valence-corrected chi connectivity index (χ3v) is 1.95. The quantitative estimate of drug-likeness (QED) is 0.730. The van der Waals surface area contributed by atoms with Crippen molar-refractivity contribution in [3.8, 4) is 0 Å². The summed E-state index contributed by atoms with van der Waals surface area (Å²) in [5.74, 6) is 0. The summed E-state index contributed by atoms with van der Waals surface area (Å²) in [6, 6.07) is 1.87. The first kappa shape index (κ1) is 10.9. The van der Waals surface area contributed by atoms with E-state index in [1.54, 1.807) is 0 Å². The maximum absolute atomic E-state index is 9.85.